The molecule has 0 aliphatic rings. The summed E-state index contributed by atoms with van der Waals surface area (Å²) < 4.78 is 0. The maximum atomic E-state index is 12.2. The number of thiophene rings is 1. The van der Waals surface area contributed by atoms with Gasteiger partial charge in [-0.05, 0) is 42.6 Å². The van der Waals surface area contributed by atoms with Gasteiger partial charge in [-0.1, -0.05) is 17.7 Å². The molecule has 6 heteroatoms. The smallest absolute Gasteiger partial charge is 0.229 e. The minimum Gasteiger partial charge on any atom is -0.326 e. The number of thiazole rings is 1. The normalized spacial score (nSPS) is 10.6. The molecule has 2 aromatic heterocycles. The van der Waals surface area contributed by atoms with E-state index in [0.29, 0.717) is 11.4 Å². The molecule has 0 saturated carbocycles. The van der Waals surface area contributed by atoms with Crippen LogP contribution in [0.2, 0.25) is 5.02 Å². The first-order chi connectivity index (χ1) is 10.6. The van der Waals surface area contributed by atoms with E-state index in [-0.39, 0.29) is 5.91 Å². The third-order valence-electron chi connectivity index (χ3n) is 3.01. The molecule has 112 valence electrons. The second-order valence-corrected chi connectivity index (χ2v) is 7.39. The molecular formula is C16H13ClN2OS2. The van der Waals surface area contributed by atoms with Gasteiger partial charge in [0.2, 0.25) is 5.91 Å². The van der Waals surface area contributed by atoms with Crippen LogP contribution in [-0.4, -0.2) is 10.9 Å². The van der Waals surface area contributed by atoms with Gasteiger partial charge in [-0.3, -0.25) is 4.79 Å². The molecule has 1 aromatic carbocycles. The van der Waals surface area contributed by atoms with Gasteiger partial charge in [-0.2, -0.15) is 0 Å². The largest absolute Gasteiger partial charge is 0.326 e. The second kappa shape index (κ2) is 6.60. The summed E-state index contributed by atoms with van der Waals surface area (Å²) in [5.41, 5.74) is 1.66. The molecule has 0 spiro atoms. The van der Waals surface area contributed by atoms with Crippen molar-refractivity contribution in [3.63, 3.8) is 0 Å². The Morgan fingerprint density at radius 1 is 1.27 bits per heavy atom. The topological polar surface area (TPSA) is 42.0 Å². The van der Waals surface area contributed by atoms with Crippen LogP contribution in [0.25, 0.3) is 10.6 Å². The number of aryl methyl sites for hydroxylation is 1. The summed E-state index contributed by atoms with van der Waals surface area (Å²) >= 11 is 9.04. The van der Waals surface area contributed by atoms with E-state index in [1.54, 1.807) is 46.9 Å². The summed E-state index contributed by atoms with van der Waals surface area (Å²) in [6.45, 7) is 1.96. The van der Waals surface area contributed by atoms with Crippen LogP contribution in [0.15, 0.2) is 41.8 Å². The van der Waals surface area contributed by atoms with Crippen LogP contribution in [0.3, 0.4) is 0 Å². The monoisotopic (exact) mass is 348 g/mol. The van der Waals surface area contributed by atoms with Gasteiger partial charge in [-0.25, -0.2) is 4.98 Å². The Balaban J connectivity index is 1.75. The van der Waals surface area contributed by atoms with E-state index in [4.69, 9.17) is 11.6 Å². The molecule has 22 heavy (non-hydrogen) atoms. The van der Waals surface area contributed by atoms with Crippen LogP contribution < -0.4 is 5.32 Å². The van der Waals surface area contributed by atoms with Gasteiger partial charge < -0.3 is 5.32 Å². The van der Waals surface area contributed by atoms with Gasteiger partial charge in [0.1, 0.15) is 0 Å². The molecule has 0 bridgehead atoms. The summed E-state index contributed by atoms with van der Waals surface area (Å²) in [5.74, 6) is -0.0521. The minimum atomic E-state index is -0.0521. The Kier molecular flexibility index (Phi) is 4.57. The van der Waals surface area contributed by atoms with Gasteiger partial charge in [-0.15, -0.1) is 22.7 Å². The number of rotatable bonds is 4. The predicted octanol–water partition coefficient (Wildman–Crippen LogP) is 5.01. The van der Waals surface area contributed by atoms with E-state index in [0.717, 1.165) is 26.1 Å². The van der Waals surface area contributed by atoms with E-state index in [1.807, 2.05) is 24.4 Å². The van der Waals surface area contributed by atoms with Crippen molar-refractivity contribution in [2.75, 3.05) is 5.32 Å². The number of halogens is 1. The molecular weight excluding hydrogens is 336 g/mol. The predicted molar refractivity (Wildman–Crippen MR) is 93.9 cm³/mol. The van der Waals surface area contributed by atoms with Crippen molar-refractivity contribution in [2.45, 2.75) is 13.3 Å². The van der Waals surface area contributed by atoms with Crippen LogP contribution in [-0.2, 0) is 11.2 Å². The second-order valence-electron chi connectivity index (χ2n) is 4.71. The lowest BCUT2D eigenvalue weighted by atomic mass is 10.2. The third kappa shape index (κ3) is 3.55. The van der Waals surface area contributed by atoms with E-state index < -0.39 is 0 Å². The van der Waals surface area contributed by atoms with Crippen LogP contribution in [0.4, 0.5) is 5.69 Å². The fraction of sp³-hybridized carbons (Fsp3) is 0.125. The molecule has 0 aliphatic heterocycles. The number of amides is 1. The van der Waals surface area contributed by atoms with Crippen LogP contribution in [0, 0.1) is 6.92 Å². The number of aromatic nitrogens is 1. The Morgan fingerprint density at radius 2 is 2.05 bits per heavy atom. The Morgan fingerprint density at radius 3 is 2.73 bits per heavy atom. The highest BCUT2D eigenvalue weighted by Gasteiger charge is 2.15. The zero-order valence-electron chi connectivity index (χ0n) is 11.8. The standard InChI is InChI=1S/C16H13ClN2OS2/c1-10-18-16(13-3-2-8-21-13)14(22-10)9-15(20)19-12-6-4-11(17)5-7-12/h2-8H,9H2,1H3,(H,19,20). The third-order valence-corrected chi connectivity index (χ3v) is 5.11. The summed E-state index contributed by atoms with van der Waals surface area (Å²) in [6, 6.07) is 11.1. The number of nitrogens with one attached hydrogen (secondary N) is 1. The molecule has 0 unspecified atom stereocenters. The van der Waals surface area contributed by atoms with Gasteiger partial charge >= 0.3 is 0 Å². The number of benzene rings is 1. The van der Waals surface area contributed by atoms with Gasteiger partial charge in [0.05, 0.1) is 22.0 Å². The zero-order valence-corrected chi connectivity index (χ0v) is 14.2. The van der Waals surface area contributed by atoms with Crippen molar-refractivity contribution in [1.82, 2.24) is 4.98 Å². The summed E-state index contributed by atoms with van der Waals surface area (Å²) in [6.07, 6.45) is 0.321. The number of hydrogen-bond donors (Lipinski definition) is 1. The number of nitrogens with zero attached hydrogens (tertiary/aromatic N) is 1. The number of hydrogen-bond acceptors (Lipinski definition) is 4. The summed E-state index contributed by atoms with van der Waals surface area (Å²) in [7, 11) is 0. The van der Waals surface area contributed by atoms with Gasteiger partial charge in [0.15, 0.2) is 0 Å². The molecule has 2 heterocycles. The average molecular weight is 349 g/mol. The Hall–Kier alpha value is -1.69. The van der Waals surface area contributed by atoms with Crippen molar-refractivity contribution >= 4 is 45.9 Å². The highest BCUT2D eigenvalue weighted by Crippen LogP contribution is 2.31. The first-order valence-electron chi connectivity index (χ1n) is 6.67. The molecule has 1 N–H and O–H groups in total. The lowest BCUT2D eigenvalue weighted by molar-refractivity contribution is -0.115. The quantitative estimate of drug-likeness (QED) is 0.719. The maximum Gasteiger partial charge on any atom is 0.229 e. The molecule has 0 saturated heterocycles. The molecule has 3 aromatic rings. The van der Waals surface area contributed by atoms with E-state index in [9.17, 15) is 4.79 Å². The van der Waals surface area contributed by atoms with Crippen LogP contribution >= 0.6 is 34.3 Å². The van der Waals surface area contributed by atoms with E-state index >= 15 is 0 Å². The van der Waals surface area contributed by atoms with Crippen LogP contribution in [0.1, 0.15) is 9.88 Å². The molecule has 3 nitrogen and oxygen atoms in total. The molecule has 3 rings (SSSR count). The number of carbonyl (C=O) groups excluding carboxylic acids is 1. The average Bonchev–Trinajstić information content (AvgIpc) is 3.11. The fourth-order valence-corrected chi connectivity index (χ4v) is 3.96. The molecule has 0 radical (unpaired) electrons. The lowest BCUT2D eigenvalue weighted by Crippen LogP contribution is -2.14. The van der Waals surface area contributed by atoms with E-state index in [1.165, 1.54) is 0 Å². The van der Waals surface area contributed by atoms with Crippen molar-refractivity contribution in [3.05, 3.63) is 56.7 Å². The highest BCUT2D eigenvalue weighted by molar-refractivity contribution is 7.15. The lowest BCUT2D eigenvalue weighted by Gasteiger charge is -2.05. The minimum absolute atomic E-state index is 0.0521. The summed E-state index contributed by atoms with van der Waals surface area (Å²) in [5, 5.41) is 6.52. The zero-order chi connectivity index (χ0) is 15.5. The first-order valence-corrected chi connectivity index (χ1v) is 8.75. The molecule has 0 fully saturated rings. The van der Waals surface area contributed by atoms with Gasteiger partial charge in [0.25, 0.3) is 0 Å². The SMILES string of the molecule is Cc1nc(-c2cccs2)c(CC(=O)Nc2ccc(Cl)cc2)s1. The number of anilines is 1. The van der Waals surface area contributed by atoms with Crippen LogP contribution in [0.5, 0.6) is 0 Å². The fourth-order valence-electron chi connectivity index (χ4n) is 2.08. The van der Waals surface area contributed by atoms with Crippen molar-refractivity contribution in [3.8, 4) is 10.6 Å². The molecule has 0 aliphatic carbocycles. The highest BCUT2D eigenvalue weighted by atomic mass is 35.5. The molecule has 1 amide bonds. The Bertz CT molecular complexity index is 779. The number of carbonyl (C=O) groups is 1. The van der Waals surface area contributed by atoms with E-state index in [2.05, 4.69) is 10.3 Å². The van der Waals surface area contributed by atoms with Crippen molar-refractivity contribution < 1.29 is 4.79 Å². The van der Waals surface area contributed by atoms with Gasteiger partial charge in [0, 0.05) is 15.6 Å². The van der Waals surface area contributed by atoms with Crippen molar-refractivity contribution in [2.24, 2.45) is 0 Å². The Labute approximate surface area is 141 Å². The maximum absolute atomic E-state index is 12.2. The molecule has 0 atom stereocenters. The van der Waals surface area contributed by atoms with Crippen molar-refractivity contribution in [1.29, 1.82) is 0 Å². The summed E-state index contributed by atoms with van der Waals surface area (Å²) in [4.78, 5) is 18.9. The first kappa shape index (κ1) is 15.2.